The first-order chi connectivity index (χ1) is 14.6. The third-order valence-corrected chi connectivity index (χ3v) is 7.13. The summed E-state index contributed by atoms with van der Waals surface area (Å²) in [5, 5.41) is 9.84. The third-order valence-electron chi connectivity index (χ3n) is 4.95. The molecule has 152 valence electrons. The molecule has 0 saturated carbocycles. The van der Waals surface area contributed by atoms with Crippen molar-refractivity contribution in [2.45, 2.75) is 31.0 Å². The van der Waals surface area contributed by atoms with E-state index in [1.165, 1.54) is 4.88 Å². The number of nitrogens with zero attached hydrogens (tertiary/aromatic N) is 2. The van der Waals surface area contributed by atoms with Gasteiger partial charge in [0.2, 0.25) is 0 Å². The highest BCUT2D eigenvalue weighted by Crippen LogP contribution is 2.28. The van der Waals surface area contributed by atoms with Crippen LogP contribution in [0.2, 0.25) is 0 Å². The zero-order chi connectivity index (χ0) is 20.9. The zero-order valence-corrected chi connectivity index (χ0v) is 18.6. The second-order valence-corrected chi connectivity index (χ2v) is 8.99. The predicted octanol–water partition coefficient (Wildman–Crippen LogP) is 5.77. The quantitative estimate of drug-likeness (QED) is 0.376. The molecule has 0 spiro atoms. The maximum Gasteiger partial charge on any atom is 0.252 e. The molecular weight excluding hydrogens is 410 g/mol. The van der Waals surface area contributed by atoms with Crippen molar-refractivity contribution in [1.29, 1.82) is 0 Å². The van der Waals surface area contributed by atoms with Gasteiger partial charge in [-0.1, -0.05) is 36.4 Å². The van der Waals surface area contributed by atoms with E-state index >= 15 is 0 Å². The molecule has 0 aliphatic carbocycles. The van der Waals surface area contributed by atoms with Gasteiger partial charge in [-0.15, -0.1) is 23.1 Å². The van der Waals surface area contributed by atoms with E-state index in [-0.39, 0.29) is 5.91 Å². The van der Waals surface area contributed by atoms with Gasteiger partial charge >= 0.3 is 0 Å². The smallest absolute Gasteiger partial charge is 0.252 e. The molecule has 6 heteroatoms. The van der Waals surface area contributed by atoms with Crippen molar-refractivity contribution in [3.8, 4) is 5.69 Å². The van der Waals surface area contributed by atoms with Crippen LogP contribution in [0.5, 0.6) is 0 Å². The summed E-state index contributed by atoms with van der Waals surface area (Å²) in [6.45, 7) is 4.48. The van der Waals surface area contributed by atoms with Gasteiger partial charge in [-0.2, -0.15) is 5.10 Å². The number of para-hydroxylation sites is 1. The number of nitrogens with one attached hydrogen (secondary N) is 1. The normalized spacial score (nSPS) is 10.9. The van der Waals surface area contributed by atoms with E-state index in [4.69, 9.17) is 0 Å². The molecule has 2 aromatic carbocycles. The van der Waals surface area contributed by atoms with E-state index in [0.717, 1.165) is 33.3 Å². The van der Waals surface area contributed by atoms with Gasteiger partial charge in [0.1, 0.15) is 0 Å². The van der Waals surface area contributed by atoms with Crippen molar-refractivity contribution >= 4 is 29.0 Å². The first kappa shape index (κ1) is 20.4. The molecule has 2 aromatic heterocycles. The fourth-order valence-electron chi connectivity index (χ4n) is 3.34. The monoisotopic (exact) mass is 433 g/mol. The molecule has 30 heavy (non-hydrogen) atoms. The molecule has 0 radical (unpaired) electrons. The number of thiophene rings is 1. The molecule has 0 atom stereocenters. The maximum absolute atomic E-state index is 13.0. The van der Waals surface area contributed by atoms with Crippen LogP contribution in [0, 0.1) is 13.8 Å². The van der Waals surface area contributed by atoms with Crippen LogP contribution in [0.25, 0.3) is 5.69 Å². The van der Waals surface area contributed by atoms with Gasteiger partial charge in [-0.3, -0.25) is 4.79 Å². The lowest BCUT2D eigenvalue weighted by Crippen LogP contribution is -2.24. The van der Waals surface area contributed by atoms with Crippen LogP contribution in [0.4, 0.5) is 0 Å². The van der Waals surface area contributed by atoms with Crippen molar-refractivity contribution in [1.82, 2.24) is 15.1 Å². The van der Waals surface area contributed by atoms with Crippen molar-refractivity contribution < 1.29 is 4.79 Å². The summed E-state index contributed by atoms with van der Waals surface area (Å²) in [5.74, 6) is 0.805. The summed E-state index contributed by atoms with van der Waals surface area (Å²) in [6.07, 6.45) is 0. The Balaban J connectivity index is 1.47. The van der Waals surface area contributed by atoms with E-state index in [0.29, 0.717) is 12.1 Å². The van der Waals surface area contributed by atoms with Crippen LogP contribution in [0.3, 0.4) is 0 Å². The Labute approximate surface area is 185 Å². The first-order valence-corrected chi connectivity index (χ1v) is 11.6. The van der Waals surface area contributed by atoms with E-state index in [1.807, 2.05) is 73.1 Å². The molecule has 4 rings (SSSR count). The van der Waals surface area contributed by atoms with E-state index in [9.17, 15) is 4.79 Å². The van der Waals surface area contributed by atoms with Crippen LogP contribution < -0.4 is 5.32 Å². The van der Waals surface area contributed by atoms with Gasteiger partial charge in [0.05, 0.1) is 16.9 Å². The average molecular weight is 434 g/mol. The van der Waals surface area contributed by atoms with Gasteiger partial charge in [-0.25, -0.2) is 4.68 Å². The molecule has 0 saturated heterocycles. The average Bonchev–Trinajstić information content (AvgIpc) is 3.39. The van der Waals surface area contributed by atoms with Crippen molar-refractivity contribution in [3.63, 3.8) is 0 Å². The standard InChI is InChI=1S/C24H23N3OS2/c1-17-22(18(2)27(26-17)19-9-4-3-5-10-19)15-25-24(28)21-12-6-7-13-23(21)30-16-20-11-8-14-29-20/h3-14H,15-16H2,1-2H3,(H,25,28). The summed E-state index contributed by atoms with van der Waals surface area (Å²) in [4.78, 5) is 15.2. The summed E-state index contributed by atoms with van der Waals surface area (Å²) in [5.41, 5.74) is 4.75. The Morgan fingerprint density at radius 1 is 1.03 bits per heavy atom. The van der Waals surface area contributed by atoms with Crippen LogP contribution in [0.15, 0.2) is 77.0 Å². The lowest BCUT2D eigenvalue weighted by Gasteiger charge is -2.10. The van der Waals surface area contributed by atoms with Crippen LogP contribution in [-0.4, -0.2) is 15.7 Å². The second-order valence-electron chi connectivity index (χ2n) is 6.94. The summed E-state index contributed by atoms with van der Waals surface area (Å²) in [6, 6.07) is 22.0. The Bertz CT molecular complexity index is 1130. The summed E-state index contributed by atoms with van der Waals surface area (Å²) in [7, 11) is 0. The third kappa shape index (κ3) is 4.50. The number of hydrogen-bond donors (Lipinski definition) is 1. The number of rotatable bonds is 7. The minimum absolute atomic E-state index is 0.0597. The molecule has 0 unspecified atom stereocenters. The van der Waals surface area contributed by atoms with Gasteiger partial charge in [0.25, 0.3) is 5.91 Å². The van der Waals surface area contributed by atoms with E-state index in [1.54, 1.807) is 23.1 Å². The molecule has 2 heterocycles. The Kier molecular flexibility index (Phi) is 6.35. The highest BCUT2D eigenvalue weighted by molar-refractivity contribution is 7.98. The van der Waals surface area contributed by atoms with E-state index in [2.05, 4.69) is 27.9 Å². The lowest BCUT2D eigenvalue weighted by molar-refractivity contribution is 0.0948. The number of aryl methyl sites for hydroxylation is 1. The number of hydrogen-bond acceptors (Lipinski definition) is 4. The maximum atomic E-state index is 13.0. The fourth-order valence-corrected chi connectivity index (χ4v) is 5.16. The number of aromatic nitrogens is 2. The van der Waals surface area contributed by atoms with Crippen molar-refractivity contribution in [3.05, 3.63) is 99.5 Å². The minimum Gasteiger partial charge on any atom is -0.348 e. The van der Waals surface area contributed by atoms with Crippen LogP contribution in [0.1, 0.15) is 32.2 Å². The molecule has 0 aliphatic rings. The number of amides is 1. The highest BCUT2D eigenvalue weighted by Gasteiger charge is 2.16. The largest absolute Gasteiger partial charge is 0.348 e. The highest BCUT2D eigenvalue weighted by atomic mass is 32.2. The van der Waals surface area contributed by atoms with Crippen LogP contribution in [-0.2, 0) is 12.3 Å². The van der Waals surface area contributed by atoms with Crippen LogP contribution >= 0.6 is 23.1 Å². The Hall–Kier alpha value is -2.83. The molecular formula is C24H23N3OS2. The lowest BCUT2D eigenvalue weighted by atomic mass is 10.1. The SMILES string of the molecule is Cc1nn(-c2ccccc2)c(C)c1CNC(=O)c1ccccc1SCc1cccs1. The molecule has 0 bridgehead atoms. The first-order valence-electron chi connectivity index (χ1n) is 9.76. The summed E-state index contributed by atoms with van der Waals surface area (Å²) < 4.78 is 1.93. The molecule has 0 fully saturated rings. The number of carbonyl (C=O) groups is 1. The number of carbonyl (C=O) groups excluding carboxylic acids is 1. The minimum atomic E-state index is -0.0597. The second kappa shape index (κ2) is 9.32. The van der Waals surface area contributed by atoms with Gasteiger partial charge in [0, 0.05) is 33.3 Å². The fraction of sp³-hybridized carbons (Fsp3) is 0.167. The van der Waals surface area contributed by atoms with Gasteiger partial charge in [0.15, 0.2) is 0 Å². The Morgan fingerprint density at radius 3 is 2.57 bits per heavy atom. The molecule has 1 N–H and O–H groups in total. The number of benzene rings is 2. The van der Waals surface area contributed by atoms with Crippen molar-refractivity contribution in [2.75, 3.05) is 0 Å². The molecule has 4 aromatic rings. The van der Waals surface area contributed by atoms with Crippen molar-refractivity contribution in [2.24, 2.45) is 0 Å². The van der Waals surface area contributed by atoms with Gasteiger partial charge < -0.3 is 5.32 Å². The predicted molar refractivity (Wildman–Crippen MR) is 125 cm³/mol. The summed E-state index contributed by atoms with van der Waals surface area (Å²) >= 11 is 3.43. The molecule has 4 nitrogen and oxygen atoms in total. The Morgan fingerprint density at radius 2 is 1.80 bits per heavy atom. The zero-order valence-electron chi connectivity index (χ0n) is 17.0. The van der Waals surface area contributed by atoms with Gasteiger partial charge in [-0.05, 0) is 49.6 Å². The number of thioether (sulfide) groups is 1. The topological polar surface area (TPSA) is 46.9 Å². The van der Waals surface area contributed by atoms with E-state index < -0.39 is 0 Å². The molecule has 0 aliphatic heterocycles. The molecule has 1 amide bonds.